The fraction of sp³-hybridized carbons (Fsp3) is 0.933. The van der Waals surface area contributed by atoms with Gasteiger partial charge in [0, 0.05) is 36.2 Å². The molecule has 1 rings (SSSR count). The molecule has 1 fully saturated rings. The Labute approximate surface area is 133 Å². The van der Waals surface area contributed by atoms with Crippen LogP contribution in [0, 0.1) is 0 Å². The summed E-state index contributed by atoms with van der Waals surface area (Å²) in [4.78, 5) is 14.1. The molecule has 0 aliphatic carbocycles. The van der Waals surface area contributed by atoms with E-state index in [-0.39, 0.29) is 12.1 Å². The van der Waals surface area contributed by atoms with Gasteiger partial charge in [-0.2, -0.15) is 11.8 Å². The monoisotopic (exact) mass is 317 g/mol. The van der Waals surface area contributed by atoms with Crippen molar-refractivity contribution in [3.63, 3.8) is 0 Å². The number of ether oxygens (including phenoxy) is 1. The van der Waals surface area contributed by atoms with Crippen molar-refractivity contribution >= 4 is 17.9 Å². The Kier molecular flexibility index (Phi) is 6.81. The van der Waals surface area contributed by atoms with Gasteiger partial charge in [-0.25, -0.2) is 4.79 Å². The van der Waals surface area contributed by atoms with Gasteiger partial charge in [-0.3, -0.25) is 4.90 Å². The number of carbonyl (C=O) groups excluding carboxylic acids is 1. The molecule has 1 aliphatic rings. The number of carbonyl (C=O) groups is 1. The molecule has 0 saturated carbocycles. The zero-order valence-corrected chi connectivity index (χ0v) is 14.9. The Bertz CT molecular complexity index is 342. The van der Waals surface area contributed by atoms with Crippen molar-refractivity contribution in [2.45, 2.75) is 57.4 Å². The number of hydrogen-bond acceptors (Lipinski definition) is 5. The summed E-state index contributed by atoms with van der Waals surface area (Å²) in [6, 6.07) is 0.173. The van der Waals surface area contributed by atoms with Gasteiger partial charge >= 0.3 is 6.09 Å². The van der Waals surface area contributed by atoms with Gasteiger partial charge in [0.25, 0.3) is 0 Å². The van der Waals surface area contributed by atoms with Gasteiger partial charge in [0.15, 0.2) is 0 Å². The molecule has 0 aromatic carbocycles. The molecule has 3 N–H and O–H groups in total. The predicted molar refractivity (Wildman–Crippen MR) is 89.8 cm³/mol. The van der Waals surface area contributed by atoms with E-state index >= 15 is 0 Å². The zero-order valence-electron chi connectivity index (χ0n) is 14.1. The highest BCUT2D eigenvalue weighted by Gasteiger charge is 2.27. The lowest BCUT2D eigenvalue weighted by atomic mass is 10.1. The minimum absolute atomic E-state index is 0.173. The van der Waals surface area contributed by atoms with Crippen LogP contribution in [0.25, 0.3) is 0 Å². The average molecular weight is 317 g/mol. The molecule has 0 aromatic rings. The highest BCUT2D eigenvalue weighted by atomic mass is 32.2. The van der Waals surface area contributed by atoms with Gasteiger partial charge in [-0.15, -0.1) is 0 Å². The van der Waals surface area contributed by atoms with Crippen molar-refractivity contribution in [3.8, 4) is 0 Å². The lowest BCUT2D eigenvalue weighted by Crippen LogP contribution is -2.49. The van der Waals surface area contributed by atoms with E-state index in [1.165, 1.54) is 0 Å². The normalized spacial score (nSPS) is 21.4. The Balaban J connectivity index is 2.46. The maximum absolute atomic E-state index is 11.7. The van der Waals surface area contributed by atoms with E-state index in [9.17, 15) is 4.79 Å². The smallest absolute Gasteiger partial charge is 0.407 e. The first-order valence-corrected chi connectivity index (χ1v) is 8.66. The minimum Gasteiger partial charge on any atom is -0.444 e. The second-order valence-corrected chi connectivity index (χ2v) is 8.97. The first-order valence-electron chi connectivity index (χ1n) is 7.68. The van der Waals surface area contributed by atoms with E-state index in [0.717, 1.165) is 25.3 Å². The molecule has 1 heterocycles. The third kappa shape index (κ3) is 7.38. The van der Waals surface area contributed by atoms with Crippen LogP contribution in [-0.4, -0.2) is 59.3 Å². The first kappa shape index (κ1) is 18.6. The highest BCUT2D eigenvalue weighted by molar-refractivity contribution is 8.00. The molecule has 6 heteroatoms. The molecule has 0 radical (unpaired) electrons. The molecular weight excluding hydrogens is 286 g/mol. The summed E-state index contributed by atoms with van der Waals surface area (Å²) in [5.41, 5.74) is 5.43. The van der Waals surface area contributed by atoms with E-state index in [4.69, 9.17) is 10.5 Å². The van der Waals surface area contributed by atoms with Crippen LogP contribution in [-0.2, 0) is 4.74 Å². The van der Waals surface area contributed by atoms with Crippen molar-refractivity contribution in [1.82, 2.24) is 10.2 Å². The molecule has 0 aromatic heterocycles. The Morgan fingerprint density at radius 3 is 2.67 bits per heavy atom. The second-order valence-electron chi connectivity index (χ2n) is 7.17. The molecule has 1 saturated heterocycles. The van der Waals surface area contributed by atoms with Crippen LogP contribution >= 0.6 is 11.8 Å². The molecule has 124 valence electrons. The molecule has 21 heavy (non-hydrogen) atoms. The van der Waals surface area contributed by atoms with Crippen molar-refractivity contribution in [2.75, 3.05) is 31.9 Å². The fourth-order valence-electron chi connectivity index (χ4n) is 2.28. The number of rotatable bonds is 4. The maximum Gasteiger partial charge on any atom is 0.407 e. The topological polar surface area (TPSA) is 67.6 Å². The fourth-order valence-corrected chi connectivity index (χ4v) is 3.39. The van der Waals surface area contributed by atoms with Gasteiger partial charge in [-0.05, 0) is 33.7 Å². The second kappa shape index (κ2) is 7.70. The molecule has 5 nitrogen and oxygen atoms in total. The summed E-state index contributed by atoms with van der Waals surface area (Å²) < 4.78 is 5.59. The standard InChI is InChI=1S/C15H31N3O2S/c1-14(2,3)20-13(19)17-11-12(10-16)18-7-6-15(4,5)21-9-8-18/h12H,6-11,16H2,1-5H3,(H,17,19). The highest BCUT2D eigenvalue weighted by Crippen LogP contribution is 2.31. The van der Waals surface area contributed by atoms with Crippen LogP contribution in [0.4, 0.5) is 4.79 Å². The van der Waals surface area contributed by atoms with Crippen molar-refractivity contribution in [1.29, 1.82) is 0 Å². The van der Waals surface area contributed by atoms with E-state index in [1.54, 1.807) is 0 Å². The average Bonchev–Trinajstić information content (AvgIpc) is 2.49. The van der Waals surface area contributed by atoms with Crippen LogP contribution in [0.1, 0.15) is 41.0 Å². The summed E-state index contributed by atoms with van der Waals surface area (Å²) in [7, 11) is 0. The number of amides is 1. The van der Waals surface area contributed by atoms with E-state index in [2.05, 4.69) is 24.1 Å². The van der Waals surface area contributed by atoms with E-state index < -0.39 is 5.60 Å². The molecule has 0 bridgehead atoms. The number of alkyl carbamates (subject to hydrolysis) is 1. The summed E-state index contributed by atoms with van der Waals surface area (Å²) in [5.74, 6) is 1.11. The largest absolute Gasteiger partial charge is 0.444 e. The Hall–Kier alpha value is -0.460. The van der Waals surface area contributed by atoms with Crippen molar-refractivity contribution < 1.29 is 9.53 Å². The summed E-state index contributed by atoms with van der Waals surface area (Å²) >= 11 is 2.01. The van der Waals surface area contributed by atoms with Crippen LogP contribution in [0.3, 0.4) is 0 Å². The molecule has 1 aliphatic heterocycles. The maximum atomic E-state index is 11.7. The lowest BCUT2D eigenvalue weighted by molar-refractivity contribution is 0.0508. The van der Waals surface area contributed by atoms with Crippen LogP contribution in [0.15, 0.2) is 0 Å². The number of nitrogens with two attached hydrogens (primary N) is 1. The predicted octanol–water partition coefficient (Wildman–Crippen LogP) is 2.06. The summed E-state index contributed by atoms with van der Waals surface area (Å²) in [6.07, 6.45) is 0.770. The molecule has 1 atom stereocenters. The SMILES string of the molecule is CC(C)(C)OC(=O)NCC(CN)N1CCSC(C)(C)CC1. The summed E-state index contributed by atoms with van der Waals surface area (Å²) in [6.45, 7) is 13.3. The third-order valence-electron chi connectivity index (χ3n) is 3.54. The molecular formula is C15H31N3O2S. The Morgan fingerprint density at radius 2 is 2.10 bits per heavy atom. The van der Waals surface area contributed by atoms with Gasteiger partial charge in [0.05, 0.1) is 0 Å². The summed E-state index contributed by atoms with van der Waals surface area (Å²) in [5, 5.41) is 2.84. The zero-order chi connectivity index (χ0) is 16.1. The van der Waals surface area contributed by atoms with Crippen molar-refractivity contribution in [3.05, 3.63) is 0 Å². The van der Waals surface area contributed by atoms with Crippen molar-refractivity contribution in [2.24, 2.45) is 5.73 Å². The molecule has 1 unspecified atom stereocenters. The van der Waals surface area contributed by atoms with Crippen LogP contribution in [0.2, 0.25) is 0 Å². The Morgan fingerprint density at radius 1 is 1.43 bits per heavy atom. The molecule has 0 spiro atoms. The number of nitrogens with one attached hydrogen (secondary N) is 1. The first-order chi connectivity index (χ1) is 9.63. The third-order valence-corrected chi connectivity index (χ3v) is 4.91. The lowest BCUT2D eigenvalue weighted by Gasteiger charge is -2.30. The van der Waals surface area contributed by atoms with Gasteiger partial charge in [0.2, 0.25) is 0 Å². The number of thioether (sulfide) groups is 1. The van der Waals surface area contributed by atoms with Crippen LogP contribution < -0.4 is 11.1 Å². The number of nitrogens with zero attached hydrogens (tertiary/aromatic N) is 1. The number of hydrogen-bond donors (Lipinski definition) is 2. The van der Waals surface area contributed by atoms with Gasteiger partial charge < -0.3 is 15.8 Å². The van der Waals surface area contributed by atoms with Crippen LogP contribution in [0.5, 0.6) is 0 Å². The minimum atomic E-state index is -0.467. The van der Waals surface area contributed by atoms with Gasteiger partial charge in [0.1, 0.15) is 5.60 Å². The van der Waals surface area contributed by atoms with Gasteiger partial charge in [-0.1, -0.05) is 13.8 Å². The molecule has 1 amide bonds. The quantitative estimate of drug-likeness (QED) is 0.831. The van der Waals surface area contributed by atoms with E-state index in [1.807, 2.05) is 32.5 Å². The van der Waals surface area contributed by atoms with E-state index in [0.29, 0.717) is 17.8 Å².